The molecule has 5 N–H and O–H groups in total. The van der Waals surface area contributed by atoms with Crippen molar-refractivity contribution < 1.29 is 116 Å². The fourth-order valence-corrected chi connectivity index (χ4v) is 23.6. The quantitative estimate of drug-likeness (QED) is 0.00681. The Kier molecular flexibility index (Phi) is 70.9. The summed E-state index contributed by atoms with van der Waals surface area (Å²) in [4.78, 5) is 11.8. The van der Waals surface area contributed by atoms with Gasteiger partial charge in [0, 0.05) is 202 Å². The lowest BCUT2D eigenvalue weighted by Gasteiger charge is -2.30. The minimum atomic E-state index is -2.65. The van der Waals surface area contributed by atoms with Gasteiger partial charge in [-0.2, -0.15) is 0 Å². The lowest BCUT2D eigenvalue weighted by Crippen LogP contribution is -2.46. The summed E-state index contributed by atoms with van der Waals surface area (Å²) in [6, 6.07) is 50.0. The molecule has 6 heterocycles. The highest BCUT2D eigenvalue weighted by Gasteiger charge is 2.43. The van der Waals surface area contributed by atoms with Gasteiger partial charge in [0.1, 0.15) is 60.4 Å². The number of hydrogen-bond acceptors (Lipinski definition) is 30. The number of halogens is 1. The molecule has 147 heavy (non-hydrogen) atoms. The van der Waals surface area contributed by atoms with Gasteiger partial charge in [0.2, 0.25) is 0 Å². The van der Waals surface area contributed by atoms with Gasteiger partial charge >= 0.3 is 35.9 Å². The summed E-state index contributed by atoms with van der Waals surface area (Å²) in [6.07, 6.45) is 19.0. The zero-order valence-electron chi connectivity index (χ0n) is 90.0. The predicted molar refractivity (Wildman–Crippen MR) is 607 cm³/mol. The van der Waals surface area contributed by atoms with Gasteiger partial charge in [-0.1, -0.05) is 80.2 Å². The van der Waals surface area contributed by atoms with Crippen molar-refractivity contribution in [3.8, 4) is 34.5 Å². The highest BCUT2D eigenvalue weighted by molar-refractivity contribution is 9.09. The maximum atomic E-state index is 8.70. The van der Waals surface area contributed by atoms with E-state index in [0.717, 1.165) is 194 Å². The molecule has 6 saturated heterocycles. The average Bonchev–Trinajstić information content (AvgIpc) is 1.72. The molecule has 7 fully saturated rings. The number of nitrogens with two attached hydrogens (primary N) is 1. The number of benzene rings is 6. The Morgan fingerprint density at radius 1 is 0.347 bits per heavy atom. The van der Waals surface area contributed by atoms with Crippen molar-refractivity contribution in [3.63, 3.8) is 0 Å². The second-order valence-electron chi connectivity index (χ2n) is 34.3. The van der Waals surface area contributed by atoms with Crippen molar-refractivity contribution in [1.29, 1.82) is 0 Å². The van der Waals surface area contributed by atoms with E-state index in [9.17, 15) is 0 Å². The Morgan fingerprint density at radius 3 is 0.884 bits per heavy atom. The van der Waals surface area contributed by atoms with Crippen LogP contribution in [0.1, 0.15) is 142 Å². The molecule has 6 aromatic rings. The van der Waals surface area contributed by atoms with E-state index in [1.165, 1.54) is 42.7 Å². The van der Waals surface area contributed by atoms with E-state index in [-0.39, 0.29) is 18.7 Å². The van der Waals surface area contributed by atoms with E-state index >= 15 is 0 Å². The zero-order valence-corrected chi connectivity index (χ0v) is 95.8. The van der Waals surface area contributed by atoms with Crippen LogP contribution < -0.4 is 53.9 Å². The fraction of sp³-hybridized carbons (Fsp3) is 0.586. The number of ether oxygens (including phenoxy) is 11. The first-order valence-electron chi connectivity index (χ1n) is 52.6. The van der Waals surface area contributed by atoms with Crippen LogP contribution in [0.25, 0.3) is 0 Å². The van der Waals surface area contributed by atoms with E-state index in [4.69, 9.17) is 116 Å². The van der Waals surface area contributed by atoms with Gasteiger partial charge in [0.15, 0.2) is 0 Å². The van der Waals surface area contributed by atoms with Crippen molar-refractivity contribution in [3.05, 3.63) is 209 Å². The van der Waals surface area contributed by atoms with Crippen LogP contribution in [0.4, 0.5) is 34.1 Å². The van der Waals surface area contributed by atoms with Gasteiger partial charge < -0.3 is 146 Å². The first kappa shape index (κ1) is 131. The number of phenolic OH excluding ortho intramolecular Hbond substituents is 1. The summed E-state index contributed by atoms with van der Waals surface area (Å²) in [5.41, 5.74) is 12.0. The van der Waals surface area contributed by atoms with Crippen molar-refractivity contribution in [1.82, 2.24) is 0 Å². The van der Waals surface area contributed by atoms with Gasteiger partial charge in [-0.05, 0) is 273 Å². The van der Waals surface area contributed by atoms with Gasteiger partial charge in [-0.25, -0.2) is 0 Å². The van der Waals surface area contributed by atoms with E-state index in [0.29, 0.717) is 155 Å². The third-order valence-electron chi connectivity index (χ3n) is 22.3. The molecule has 31 nitrogen and oxygen atoms in total. The summed E-state index contributed by atoms with van der Waals surface area (Å²) in [5, 5.41) is 9.60. The van der Waals surface area contributed by atoms with Crippen LogP contribution in [0.3, 0.4) is 0 Å². The van der Waals surface area contributed by atoms with Crippen LogP contribution in [-0.4, -0.2) is 306 Å². The molecule has 6 aromatic carbocycles. The molecule has 0 amide bonds. The van der Waals surface area contributed by atoms with Gasteiger partial charge in [-0.3, -0.25) is 0 Å². The molecule has 0 radical (unpaired) electrons. The van der Waals surface area contributed by atoms with Crippen LogP contribution in [0.15, 0.2) is 209 Å². The number of nitrogen functional groups attached to an aromatic ring is 1. The SMILES string of the molecule is C.C=CCBr.C=CCOc1ccc(N(CC2CO2)CC2CO2)cc1.C=CCOc1ccc(N(CC=C)CC=C)cc1.CCCCN(CC1CO1)c1ccc(OCC2CO2)cc1.CCO[SiH](OCC)OCC.CCO[Si](CCCOc1ccc(N(CC2CC2)CC2CO2)cc1)(OCC)OCC.CCO[Si](CCCOc1ccc(N(CCC[Si](OCC)(OCC)OCC)CC2CO2)cc1)(OCC)OCC.Nc1ccc(O)cc1.O. The molecule has 6 unspecified atom stereocenters. The minimum absolute atomic E-state index is 0. The van der Waals surface area contributed by atoms with Crippen LogP contribution >= 0.6 is 15.9 Å². The molecule has 0 spiro atoms. The van der Waals surface area contributed by atoms with Crippen LogP contribution in [0.2, 0.25) is 18.1 Å². The largest absolute Gasteiger partial charge is 0.508 e. The highest BCUT2D eigenvalue weighted by atomic mass is 79.9. The number of epoxide rings is 6. The maximum absolute atomic E-state index is 8.70. The lowest BCUT2D eigenvalue weighted by molar-refractivity contribution is 0.0689. The van der Waals surface area contributed by atoms with E-state index < -0.39 is 35.9 Å². The zero-order chi connectivity index (χ0) is 105. The lowest BCUT2D eigenvalue weighted by atomic mass is 10.2. The van der Waals surface area contributed by atoms with Crippen LogP contribution in [0.5, 0.6) is 34.5 Å². The Balaban J connectivity index is 0.000000370. The second-order valence-corrected chi connectivity index (χ2v) is 44.8. The fourth-order valence-electron chi connectivity index (χ4n) is 14.8. The predicted octanol–water partition coefficient (Wildman–Crippen LogP) is 20.2. The van der Waals surface area contributed by atoms with Crippen molar-refractivity contribution >= 4 is 86.0 Å². The molecule has 1 saturated carbocycles. The van der Waals surface area contributed by atoms with E-state index in [1.54, 1.807) is 42.5 Å². The number of hydrogen-bond donors (Lipinski definition) is 2. The van der Waals surface area contributed by atoms with Crippen molar-refractivity contribution in [2.45, 2.75) is 197 Å². The van der Waals surface area contributed by atoms with Gasteiger partial charge in [-0.15, -0.1) is 19.7 Å². The molecular formula is C111H183BrN6O25Si4. The Morgan fingerprint density at radius 2 is 0.619 bits per heavy atom. The summed E-state index contributed by atoms with van der Waals surface area (Å²) >= 11 is 3.13. The number of alkyl halides is 1. The molecule has 36 heteroatoms. The monoisotopic (exact) mass is 2190 g/mol. The Labute approximate surface area is 895 Å². The third kappa shape index (κ3) is 58.6. The molecule has 7 aliphatic rings. The topological polar surface area (TPSA) is 326 Å². The highest BCUT2D eigenvalue weighted by Crippen LogP contribution is 2.35. The number of unbranched alkanes of at least 4 members (excludes halogenated alkanes) is 1. The Hall–Kier alpha value is -7.79. The number of nitrogens with zero attached hydrogens (tertiary/aromatic N) is 5. The number of rotatable bonds is 72. The maximum Gasteiger partial charge on any atom is 0.501 e. The first-order valence-corrected chi connectivity index (χ1v) is 60.9. The molecule has 1 aliphatic carbocycles. The average molecular weight is 2190 g/mol. The van der Waals surface area contributed by atoms with Gasteiger partial charge in [0.05, 0.1) is 83.4 Å². The molecular weight excluding hydrogens is 2010 g/mol. The summed E-state index contributed by atoms with van der Waals surface area (Å²) in [6.45, 7) is 69.1. The van der Waals surface area contributed by atoms with Crippen LogP contribution in [-0.2, 0) is 81.5 Å². The van der Waals surface area contributed by atoms with Gasteiger partial charge in [0.25, 0.3) is 0 Å². The molecule has 0 aromatic heterocycles. The Bertz CT molecular complexity index is 4150. The summed E-state index contributed by atoms with van der Waals surface area (Å²) in [5.74, 6) is 5.50. The van der Waals surface area contributed by atoms with Crippen LogP contribution in [0, 0.1) is 5.92 Å². The second kappa shape index (κ2) is 79.2. The van der Waals surface area contributed by atoms with Crippen molar-refractivity contribution in [2.24, 2.45) is 5.92 Å². The van der Waals surface area contributed by atoms with E-state index in [2.05, 4.69) is 141 Å². The molecule has 6 aliphatic heterocycles. The first-order chi connectivity index (χ1) is 70.7. The standard InChI is InChI=1S/C27H51NO8Si2.C22H37NO5Si.C16H23NO3.C15H19NO3.C15H19NO.C6H7NO.C6H16O3Si.C3H5Br.CH4.H2O/c1-7-31-37(32-8-2,33-9-3)21-13-19-28(23-27-24-30-27)25-15-17-26(18-16-25)29-20-14-22-38(34-10-4,35-11-5)36-12-6;1-4-26-29(27-5-2,28-6-3)15-7-14-24-21-12-10-20(11-13-21)23(16-19-8-9-19)17-22-18-25-22;1-2-3-8-17(9-15-10-19-15)13-4-6-14(7-5-13)18-11-16-12-20-16;1-2-7-17-13-5-3-12(4-6-13)16(8-14-10-18-14)9-15-11-19-15;1-4-11-16(12-5-2)14-7-9-15(10-8-14)17-13-6-3;7-5-1-3-6(8)4-2-5;1-4-7-10(8-5-2)9-6-3;1-2-3-4;;/h15-18,27H,7-14,19-24H2,1-6H3;10-13,19,22H,4-9,14-18H2,1-3H3;4-7,15-16H,2-3,8-12H2,1H3;2-6,14-15H,1,7-11H2;4-10H,1-3,11-13H2;1-4,8H,7H2;10H,4-6H2,1-3H3;2H,1,3H2;1H4;1H2. The molecule has 6 atom stereocenters. The number of phenols is 1. The smallest absolute Gasteiger partial charge is 0.501 e. The number of allylic oxidation sites excluding steroid dienone is 1. The number of aromatic hydroxyl groups is 1. The van der Waals surface area contributed by atoms with E-state index in [1.807, 2.05) is 156 Å². The molecule has 13 rings (SSSR count). The molecule has 830 valence electrons. The normalized spacial score (nSPS) is 16.5. The summed E-state index contributed by atoms with van der Waals surface area (Å²) in [7, 11) is -9.59. The van der Waals surface area contributed by atoms with Crippen molar-refractivity contribution in [2.75, 3.05) is 253 Å². The summed E-state index contributed by atoms with van der Waals surface area (Å²) < 4.78 is 130. The third-order valence-corrected chi connectivity index (χ3v) is 34.0. The molecule has 0 bridgehead atoms. The number of anilines is 6. The minimum Gasteiger partial charge on any atom is -0.508 e.